The first kappa shape index (κ1) is 47.6. The number of fused-ring (bicyclic) bond motifs is 7. The molecule has 0 saturated carbocycles. The van der Waals surface area contributed by atoms with Gasteiger partial charge in [-0.15, -0.1) is 39.2 Å². The van der Waals surface area contributed by atoms with Crippen LogP contribution in [0.2, 0.25) is 0 Å². The molecule has 1 N–H and O–H groups in total. The van der Waals surface area contributed by atoms with Crippen LogP contribution in [-0.2, 0) is 25.5 Å². The normalized spacial score (nSPS) is 21.0. The molecule has 8 bridgehead atoms. The standard InChI is InChI=1S/C51H65N4O5.Mg/c1-12-28(4)17-15-18-29(5)19-16-20-30(6)23-24-60-44(56)22-21-37-33(9)40-25-38-31(7)35(13-2)42(52-38)26-39-32(8)36(14-3)43(53-39)27-41-34(10)45-49(55-41)46(48(37)54-40)47(50(45)57)51(58)59-11;/h13,23,25-29,33,37H,2,12,14-22,24H2,1,3-11H3,(H2-,54,55,57,58);/q-3;+2/p-1/b30-23+,39-26-,40-25-,43-27-;/t28-,29-,33+,37+;/m1./s1. The van der Waals surface area contributed by atoms with Crippen molar-refractivity contribution >= 4 is 70.6 Å². The van der Waals surface area contributed by atoms with E-state index >= 15 is 0 Å². The third-order valence-corrected chi connectivity index (χ3v) is 13.3. The van der Waals surface area contributed by atoms with Gasteiger partial charge >= 0.3 is 35.0 Å². The smallest absolute Gasteiger partial charge is 0.664 e. The van der Waals surface area contributed by atoms with Crippen LogP contribution in [0.25, 0.3) is 41.0 Å². The molecule has 2 aliphatic heterocycles. The van der Waals surface area contributed by atoms with Crippen LogP contribution in [0, 0.1) is 44.4 Å². The summed E-state index contributed by atoms with van der Waals surface area (Å²) in [6.45, 7) is 23.6. The average molecular weight is 837 g/mol. The van der Waals surface area contributed by atoms with Crippen molar-refractivity contribution in [2.24, 2.45) is 23.7 Å². The third kappa shape index (κ3) is 9.96. The number of esters is 2. The topological polar surface area (TPSA) is 129 Å². The van der Waals surface area contributed by atoms with Crippen LogP contribution < -0.4 is 25.7 Å². The number of methoxy groups -OCH3 is 1. The number of carbonyl (C=O) groups is 2. The van der Waals surface area contributed by atoms with Crippen LogP contribution in [0.15, 0.2) is 35.2 Å². The molecule has 3 aromatic heterocycles. The van der Waals surface area contributed by atoms with Crippen LogP contribution in [0.1, 0.15) is 155 Å². The molecule has 10 heteroatoms. The SMILES string of the molecule is C=Cc1c2[n-]c(c1C)/C=C1\[N-]/C(=C3/C(C(=O)OC)=C(O)c4c3[n-]c(c4C)/C=c3\[n-]/c(c(C)c3CC)=C\2)[C@@H](CCC(=O)OC/C=C(\C)CCC[C@H](C)CCC[C@H](C)CC)[C@@H]1C.[Mg+2]. The molecule has 1 saturated heterocycles. The molecule has 322 valence electrons. The Morgan fingerprint density at radius 3 is 2.28 bits per heavy atom. The first-order valence-corrected chi connectivity index (χ1v) is 22.1. The van der Waals surface area contributed by atoms with Gasteiger partial charge in [-0.25, -0.2) is 4.79 Å². The Bertz CT molecular complexity index is 2400. The van der Waals surface area contributed by atoms with E-state index in [0.29, 0.717) is 34.6 Å². The number of allylic oxidation sites excluding steroid dienone is 3. The van der Waals surface area contributed by atoms with E-state index in [1.54, 1.807) is 0 Å². The van der Waals surface area contributed by atoms with Gasteiger partial charge in [0.1, 0.15) is 17.9 Å². The van der Waals surface area contributed by atoms with Gasteiger partial charge in [0.2, 0.25) is 0 Å². The van der Waals surface area contributed by atoms with Crippen molar-refractivity contribution < 1.29 is 24.2 Å². The minimum atomic E-state index is -0.681. The van der Waals surface area contributed by atoms with Crippen molar-refractivity contribution in [3.8, 4) is 0 Å². The van der Waals surface area contributed by atoms with Gasteiger partial charge in [-0.3, -0.25) is 4.79 Å². The molecule has 1 fully saturated rings. The van der Waals surface area contributed by atoms with E-state index in [1.165, 1.54) is 44.8 Å². The maximum absolute atomic E-state index is 13.6. The van der Waals surface area contributed by atoms with Crippen molar-refractivity contribution in [3.05, 3.63) is 107 Å². The number of hydrogen-bond donors (Lipinski definition) is 1. The fourth-order valence-electron chi connectivity index (χ4n) is 9.11. The van der Waals surface area contributed by atoms with Crippen molar-refractivity contribution in [1.82, 2.24) is 15.0 Å². The number of aromatic nitrogens is 3. The van der Waals surface area contributed by atoms with E-state index in [0.717, 1.165) is 86.7 Å². The van der Waals surface area contributed by atoms with Crippen molar-refractivity contribution in [3.63, 3.8) is 0 Å². The van der Waals surface area contributed by atoms with E-state index in [1.807, 2.05) is 44.2 Å². The average Bonchev–Trinajstić information content (AvgIpc) is 3.97. The van der Waals surface area contributed by atoms with E-state index in [9.17, 15) is 14.7 Å². The molecule has 4 atom stereocenters. The molecule has 0 aromatic carbocycles. The van der Waals surface area contributed by atoms with Gasteiger partial charge in [-0.05, 0) is 94.3 Å². The summed E-state index contributed by atoms with van der Waals surface area (Å²) < 4.78 is 11.0. The second-order valence-electron chi connectivity index (χ2n) is 17.4. The number of rotatable bonds is 17. The molecular formula is C51H64MgN4O5-2. The van der Waals surface area contributed by atoms with Gasteiger partial charge in [0.25, 0.3) is 0 Å². The third-order valence-electron chi connectivity index (χ3n) is 13.3. The summed E-state index contributed by atoms with van der Waals surface area (Å²) in [5.74, 6) is -0.122. The summed E-state index contributed by atoms with van der Waals surface area (Å²) in [5.41, 5.74) is 10.9. The summed E-state index contributed by atoms with van der Waals surface area (Å²) in [5, 5.41) is 18.7. The number of carbonyl (C=O) groups excluding carboxylic acids is 2. The Balaban J connectivity index is 0.00000704. The predicted molar refractivity (Wildman–Crippen MR) is 248 cm³/mol. The first-order chi connectivity index (χ1) is 28.7. The monoisotopic (exact) mass is 836 g/mol. The number of hydrogen-bond acceptors (Lipinski definition) is 5. The summed E-state index contributed by atoms with van der Waals surface area (Å²) in [4.78, 5) is 42.2. The second-order valence-corrected chi connectivity index (χ2v) is 17.4. The molecule has 6 rings (SSSR count). The molecule has 61 heavy (non-hydrogen) atoms. The van der Waals surface area contributed by atoms with Crippen LogP contribution in [-0.4, -0.2) is 53.8 Å². The Labute approximate surface area is 379 Å². The molecule has 0 radical (unpaired) electrons. The molecule has 0 amide bonds. The molecule has 0 unspecified atom stereocenters. The first-order valence-electron chi connectivity index (χ1n) is 22.1. The quantitative estimate of drug-likeness (QED) is 0.0809. The van der Waals surface area contributed by atoms with Crippen molar-refractivity contribution in [2.75, 3.05) is 13.7 Å². The Hall–Kier alpha value is -4.41. The van der Waals surface area contributed by atoms with E-state index < -0.39 is 5.97 Å². The minimum Gasteiger partial charge on any atom is -0.664 e. The number of nitrogens with zero attached hydrogens (tertiary/aromatic N) is 4. The molecule has 5 heterocycles. The Morgan fingerprint density at radius 1 is 0.902 bits per heavy atom. The van der Waals surface area contributed by atoms with E-state index in [-0.39, 0.29) is 65.2 Å². The van der Waals surface area contributed by atoms with Crippen LogP contribution in [0.5, 0.6) is 0 Å². The van der Waals surface area contributed by atoms with Gasteiger partial charge in [0.05, 0.1) is 7.11 Å². The van der Waals surface area contributed by atoms with Gasteiger partial charge in [0.15, 0.2) is 0 Å². The fourth-order valence-corrected chi connectivity index (χ4v) is 9.11. The van der Waals surface area contributed by atoms with Crippen LogP contribution in [0.3, 0.4) is 0 Å². The van der Waals surface area contributed by atoms with Crippen molar-refractivity contribution in [1.29, 1.82) is 0 Å². The largest absolute Gasteiger partial charge is 2.00 e. The summed E-state index contributed by atoms with van der Waals surface area (Å²) in [6, 6.07) is 0. The molecule has 0 spiro atoms. The van der Waals surface area contributed by atoms with Gasteiger partial charge in [-0.1, -0.05) is 125 Å². The van der Waals surface area contributed by atoms with Gasteiger partial charge < -0.3 is 34.8 Å². The van der Waals surface area contributed by atoms with Gasteiger partial charge in [0, 0.05) is 12.0 Å². The predicted octanol–water partition coefficient (Wildman–Crippen LogP) is 9.42. The molecular weight excluding hydrogens is 773 g/mol. The maximum atomic E-state index is 13.6. The van der Waals surface area contributed by atoms with Crippen LogP contribution >= 0.6 is 0 Å². The van der Waals surface area contributed by atoms with E-state index in [2.05, 4.69) is 55.0 Å². The number of aliphatic hydroxyl groups excluding tert-OH is 1. The molecule has 1 aliphatic carbocycles. The zero-order chi connectivity index (χ0) is 43.4. The van der Waals surface area contributed by atoms with Crippen molar-refractivity contribution in [2.45, 2.75) is 127 Å². The van der Waals surface area contributed by atoms with Gasteiger partial charge in [-0.2, -0.15) is 5.70 Å². The summed E-state index contributed by atoms with van der Waals surface area (Å²) >= 11 is 0. The Morgan fingerprint density at radius 2 is 1.59 bits per heavy atom. The second kappa shape index (κ2) is 20.6. The molecule has 3 aromatic rings. The summed E-state index contributed by atoms with van der Waals surface area (Å²) in [6.07, 6.45) is 19.6. The molecule has 3 aliphatic rings. The number of ether oxygens (including phenoxy) is 2. The number of aliphatic hydroxyl groups is 1. The van der Waals surface area contributed by atoms with Crippen LogP contribution in [0.4, 0.5) is 0 Å². The molecule has 9 nitrogen and oxygen atoms in total. The fraction of sp³-hybridized carbons (Fsp3) is 0.490. The zero-order valence-corrected chi connectivity index (χ0v) is 39.7. The zero-order valence-electron chi connectivity index (χ0n) is 38.3. The maximum Gasteiger partial charge on any atom is 2.00 e. The summed E-state index contributed by atoms with van der Waals surface area (Å²) in [7, 11) is 1.30. The van der Waals surface area contributed by atoms with E-state index in [4.69, 9.17) is 29.7 Å². The minimum absolute atomic E-state index is 0. The Kier molecular flexibility index (Phi) is 16.1.